The fourth-order valence-corrected chi connectivity index (χ4v) is 2.86. The zero-order valence-electron chi connectivity index (χ0n) is 12.1. The van der Waals surface area contributed by atoms with E-state index in [1.54, 1.807) is 4.90 Å². The van der Waals surface area contributed by atoms with E-state index in [0.29, 0.717) is 19.8 Å². The molecular formula is C13H19F2N3O4. The molecule has 0 bridgehead atoms. The Hall–Kier alpha value is -1.64. The van der Waals surface area contributed by atoms with Crippen molar-refractivity contribution in [3.63, 3.8) is 0 Å². The van der Waals surface area contributed by atoms with Crippen LogP contribution in [0.3, 0.4) is 0 Å². The maximum Gasteiger partial charge on any atom is 0.410 e. The molecule has 2 saturated heterocycles. The Morgan fingerprint density at radius 1 is 1.36 bits per heavy atom. The molecule has 0 aromatic rings. The Kier molecular flexibility index (Phi) is 3.84. The van der Waals surface area contributed by atoms with Crippen molar-refractivity contribution in [2.24, 2.45) is 5.92 Å². The number of ether oxygens (including phenoxy) is 2. The van der Waals surface area contributed by atoms with E-state index in [-0.39, 0.29) is 32.5 Å². The van der Waals surface area contributed by atoms with Crippen molar-refractivity contribution in [2.75, 3.05) is 39.5 Å². The molecule has 0 spiro atoms. The third-order valence-electron chi connectivity index (χ3n) is 4.40. The molecule has 2 unspecified atom stereocenters. The quantitative estimate of drug-likeness (QED) is 0.776. The molecule has 3 fully saturated rings. The summed E-state index contributed by atoms with van der Waals surface area (Å²) in [5, 5.41) is 5.21. The van der Waals surface area contributed by atoms with Gasteiger partial charge in [0.1, 0.15) is 12.1 Å². The molecule has 3 aliphatic rings. The summed E-state index contributed by atoms with van der Waals surface area (Å²) in [5.41, 5.74) is -0.670. The number of hydrogen-bond acceptors (Lipinski definition) is 4. The molecule has 3 rings (SSSR count). The lowest BCUT2D eigenvalue weighted by atomic mass is 9.99. The molecule has 2 aliphatic heterocycles. The highest BCUT2D eigenvalue weighted by Crippen LogP contribution is 2.50. The molecule has 7 nitrogen and oxygen atoms in total. The van der Waals surface area contributed by atoms with Gasteiger partial charge in [-0.3, -0.25) is 4.90 Å². The normalized spacial score (nSPS) is 32.2. The van der Waals surface area contributed by atoms with Crippen molar-refractivity contribution in [3.8, 4) is 0 Å². The van der Waals surface area contributed by atoms with E-state index in [2.05, 4.69) is 10.6 Å². The number of carbonyl (C=O) groups is 2. The average molecular weight is 319 g/mol. The van der Waals surface area contributed by atoms with Crippen molar-refractivity contribution in [2.45, 2.75) is 24.3 Å². The second-order valence-corrected chi connectivity index (χ2v) is 6.04. The first kappa shape index (κ1) is 15.3. The van der Waals surface area contributed by atoms with E-state index in [1.807, 2.05) is 0 Å². The Balaban J connectivity index is 1.41. The number of nitrogens with zero attached hydrogens (tertiary/aromatic N) is 1. The Labute approximate surface area is 126 Å². The van der Waals surface area contributed by atoms with E-state index >= 15 is 0 Å². The number of fused-ring (bicyclic) bond motifs is 1. The maximum atomic E-state index is 12.7. The van der Waals surface area contributed by atoms with Gasteiger partial charge >= 0.3 is 12.1 Å². The van der Waals surface area contributed by atoms with E-state index in [0.717, 1.165) is 0 Å². The molecule has 3 amide bonds. The summed E-state index contributed by atoms with van der Waals surface area (Å²) in [6, 6.07) is -0.441. The van der Waals surface area contributed by atoms with Crippen LogP contribution in [-0.4, -0.2) is 67.9 Å². The van der Waals surface area contributed by atoms with Crippen LogP contribution in [0.4, 0.5) is 18.4 Å². The van der Waals surface area contributed by atoms with Crippen LogP contribution in [0.25, 0.3) is 0 Å². The van der Waals surface area contributed by atoms with Gasteiger partial charge in [0.15, 0.2) is 0 Å². The fraction of sp³-hybridized carbons (Fsp3) is 0.846. The van der Waals surface area contributed by atoms with Crippen molar-refractivity contribution in [1.29, 1.82) is 0 Å². The summed E-state index contributed by atoms with van der Waals surface area (Å²) in [6.45, 7) is 1.74. The minimum Gasteiger partial charge on any atom is -0.447 e. The second kappa shape index (κ2) is 5.53. The van der Waals surface area contributed by atoms with Gasteiger partial charge in [-0.25, -0.2) is 18.4 Å². The summed E-state index contributed by atoms with van der Waals surface area (Å²) < 4.78 is 35.8. The molecular weight excluding hydrogens is 300 g/mol. The number of cyclic esters (lactones) is 1. The van der Waals surface area contributed by atoms with Crippen LogP contribution in [0.2, 0.25) is 0 Å². The highest BCUT2D eigenvalue weighted by Gasteiger charge is 2.56. The van der Waals surface area contributed by atoms with Gasteiger partial charge in [0, 0.05) is 32.0 Å². The highest BCUT2D eigenvalue weighted by molar-refractivity contribution is 5.75. The number of halogens is 2. The van der Waals surface area contributed by atoms with E-state index in [1.165, 1.54) is 0 Å². The fourth-order valence-electron chi connectivity index (χ4n) is 2.86. The van der Waals surface area contributed by atoms with Gasteiger partial charge in [0.2, 0.25) is 0 Å². The number of rotatable bonds is 5. The number of hydrogen-bond donors (Lipinski definition) is 2. The zero-order chi connectivity index (χ0) is 15.8. The largest absolute Gasteiger partial charge is 0.447 e. The van der Waals surface area contributed by atoms with Crippen LogP contribution in [0.5, 0.6) is 0 Å². The first-order valence-corrected chi connectivity index (χ1v) is 7.35. The number of alkyl halides is 2. The topological polar surface area (TPSA) is 79.9 Å². The number of carbonyl (C=O) groups excluding carboxylic acids is 2. The van der Waals surface area contributed by atoms with Crippen LogP contribution < -0.4 is 10.6 Å². The first-order valence-electron chi connectivity index (χ1n) is 7.35. The molecule has 124 valence electrons. The third kappa shape index (κ3) is 2.94. The molecule has 2 atom stereocenters. The van der Waals surface area contributed by atoms with Crippen molar-refractivity contribution in [1.82, 2.24) is 15.5 Å². The minimum absolute atomic E-state index is 0.0921. The molecule has 2 heterocycles. The summed E-state index contributed by atoms with van der Waals surface area (Å²) in [6.07, 6.45) is -0.227. The minimum atomic E-state index is -2.56. The average Bonchev–Trinajstić information content (AvgIpc) is 2.95. The Bertz CT molecular complexity index is 476. The second-order valence-electron chi connectivity index (χ2n) is 6.04. The van der Waals surface area contributed by atoms with Crippen LogP contribution >= 0.6 is 0 Å². The van der Waals surface area contributed by atoms with Gasteiger partial charge in [-0.05, 0) is 6.42 Å². The summed E-state index contributed by atoms with van der Waals surface area (Å²) >= 11 is 0. The molecule has 22 heavy (non-hydrogen) atoms. The molecule has 1 saturated carbocycles. The van der Waals surface area contributed by atoms with Crippen LogP contribution in [-0.2, 0) is 9.47 Å². The van der Waals surface area contributed by atoms with Gasteiger partial charge in [0.05, 0.1) is 13.2 Å². The monoisotopic (exact) mass is 319 g/mol. The number of morpholine rings is 1. The molecule has 0 aromatic heterocycles. The van der Waals surface area contributed by atoms with Crippen LogP contribution in [0.1, 0.15) is 12.8 Å². The highest BCUT2D eigenvalue weighted by atomic mass is 19.3. The maximum absolute atomic E-state index is 12.7. The third-order valence-corrected chi connectivity index (χ3v) is 4.40. The predicted octanol–water partition coefficient (Wildman–Crippen LogP) is 0.552. The molecule has 0 aromatic carbocycles. The van der Waals surface area contributed by atoms with Crippen molar-refractivity contribution in [3.05, 3.63) is 0 Å². The SMILES string of the molecule is O=C(NCCC1CC1(F)F)NCC12COCCN1C(=O)OC2. The zero-order valence-corrected chi connectivity index (χ0v) is 12.1. The lowest BCUT2D eigenvalue weighted by Crippen LogP contribution is -2.61. The van der Waals surface area contributed by atoms with Crippen LogP contribution in [0.15, 0.2) is 0 Å². The molecule has 9 heteroatoms. The lowest BCUT2D eigenvalue weighted by molar-refractivity contribution is -0.0253. The standard InChI is InChI=1S/C13H19F2N3O4/c14-13(15)5-9(13)1-2-16-10(19)17-6-12-7-21-4-3-18(12)11(20)22-8-12/h9H,1-8H2,(H2,16,17,19). The predicted molar refractivity (Wildman–Crippen MR) is 70.7 cm³/mol. The molecule has 2 N–H and O–H groups in total. The van der Waals surface area contributed by atoms with Crippen molar-refractivity contribution < 1.29 is 27.8 Å². The van der Waals surface area contributed by atoms with Gasteiger partial charge in [-0.2, -0.15) is 0 Å². The summed E-state index contributed by atoms with van der Waals surface area (Å²) in [4.78, 5) is 24.9. The van der Waals surface area contributed by atoms with E-state index in [4.69, 9.17) is 9.47 Å². The van der Waals surface area contributed by atoms with E-state index in [9.17, 15) is 18.4 Å². The number of nitrogens with one attached hydrogen (secondary N) is 2. The smallest absolute Gasteiger partial charge is 0.410 e. The van der Waals surface area contributed by atoms with Crippen molar-refractivity contribution >= 4 is 12.1 Å². The van der Waals surface area contributed by atoms with Crippen LogP contribution in [0, 0.1) is 5.92 Å². The van der Waals surface area contributed by atoms with Gasteiger partial charge in [0.25, 0.3) is 5.92 Å². The van der Waals surface area contributed by atoms with E-state index < -0.39 is 29.5 Å². The Morgan fingerprint density at radius 3 is 2.86 bits per heavy atom. The molecule has 0 radical (unpaired) electrons. The lowest BCUT2D eigenvalue weighted by Gasteiger charge is -2.38. The van der Waals surface area contributed by atoms with Gasteiger partial charge in [-0.15, -0.1) is 0 Å². The molecule has 1 aliphatic carbocycles. The summed E-state index contributed by atoms with van der Waals surface area (Å²) in [5.74, 6) is -3.17. The number of urea groups is 1. The number of amides is 3. The first-order chi connectivity index (χ1) is 10.4. The summed E-state index contributed by atoms with van der Waals surface area (Å²) in [7, 11) is 0. The van der Waals surface area contributed by atoms with Gasteiger partial charge < -0.3 is 20.1 Å². The van der Waals surface area contributed by atoms with Gasteiger partial charge in [-0.1, -0.05) is 0 Å². The Morgan fingerprint density at radius 2 is 2.14 bits per heavy atom.